The van der Waals surface area contributed by atoms with Crippen molar-refractivity contribution in [1.82, 2.24) is 20.4 Å². The number of hydrogen-bond donors (Lipinski definition) is 1. The van der Waals surface area contributed by atoms with Crippen LogP contribution in [-0.4, -0.2) is 47.1 Å². The molecule has 1 amide bonds. The van der Waals surface area contributed by atoms with Crippen LogP contribution in [0.4, 0.5) is 0 Å². The Hall–Kier alpha value is -2.41. The standard InChI is InChI=1S/C18H24N4O3/c1-3-17-20-16(21-25-17)12-24-15-6-4-13(5-7-15)18(23)22-10-8-14(19-2)9-11-22/h4-7,14,19H,3,8-12H2,1-2H3. The number of benzene rings is 1. The smallest absolute Gasteiger partial charge is 0.253 e. The molecular formula is C18H24N4O3. The Bertz CT molecular complexity index is 691. The van der Waals surface area contributed by atoms with Gasteiger partial charge in [-0.3, -0.25) is 4.79 Å². The normalized spacial score (nSPS) is 15.4. The second-order valence-corrected chi connectivity index (χ2v) is 6.13. The van der Waals surface area contributed by atoms with E-state index in [-0.39, 0.29) is 12.5 Å². The van der Waals surface area contributed by atoms with E-state index >= 15 is 0 Å². The highest BCUT2D eigenvalue weighted by atomic mass is 16.5. The van der Waals surface area contributed by atoms with E-state index < -0.39 is 0 Å². The van der Waals surface area contributed by atoms with Gasteiger partial charge in [-0.05, 0) is 44.2 Å². The molecule has 2 aromatic rings. The Morgan fingerprint density at radius 3 is 2.64 bits per heavy atom. The van der Waals surface area contributed by atoms with Crippen LogP contribution in [0, 0.1) is 0 Å². The number of ether oxygens (including phenoxy) is 1. The highest BCUT2D eigenvalue weighted by molar-refractivity contribution is 5.94. The fourth-order valence-electron chi connectivity index (χ4n) is 2.89. The zero-order chi connectivity index (χ0) is 17.6. The van der Waals surface area contributed by atoms with Crippen molar-refractivity contribution in [3.63, 3.8) is 0 Å². The zero-order valence-electron chi connectivity index (χ0n) is 14.7. The molecule has 2 heterocycles. The third kappa shape index (κ3) is 4.36. The summed E-state index contributed by atoms with van der Waals surface area (Å²) in [5.74, 6) is 1.87. The van der Waals surface area contributed by atoms with E-state index in [1.165, 1.54) is 0 Å². The van der Waals surface area contributed by atoms with Crippen LogP contribution in [-0.2, 0) is 13.0 Å². The summed E-state index contributed by atoms with van der Waals surface area (Å²) in [4.78, 5) is 18.7. The number of hydrogen-bond acceptors (Lipinski definition) is 6. The van der Waals surface area contributed by atoms with Gasteiger partial charge in [0, 0.05) is 31.1 Å². The number of piperidine rings is 1. The van der Waals surface area contributed by atoms with E-state index in [1.54, 1.807) is 24.3 Å². The van der Waals surface area contributed by atoms with Crippen LogP contribution in [0.3, 0.4) is 0 Å². The van der Waals surface area contributed by atoms with Gasteiger partial charge in [-0.15, -0.1) is 0 Å². The SMILES string of the molecule is CCc1nc(COc2ccc(C(=O)N3CCC(NC)CC3)cc2)no1. The summed E-state index contributed by atoms with van der Waals surface area (Å²) in [5, 5.41) is 7.12. The van der Waals surface area contributed by atoms with Gasteiger partial charge in [0.25, 0.3) is 5.91 Å². The van der Waals surface area contributed by atoms with Crippen LogP contribution in [0.15, 0.2) is 28.8 Å². The number of aromatic nitrogens is 2. The molecule has 0 atom stereocenters. The average Bonchev–Trinajstić information content (AvgIpc) is 3.14. The lowest BCUT2D eigenvalue weighted by Crippen LogP contribution is -2.43. The first-order chi connectivity index (χ1) is 12.2. The van der Waals surface area contributed by atoms with Gasteiger partial charge in [0.15, 0.2) is 6.61 Å². The lowest BCUT2D eigenvalue weighted by atomic mass is 10.0. The summed E-state index contributed by atoms with van der Waals surface area (Å²) < 4.78 is 10.7. The van der Waals surface area contributed by atoms with Gasteiger partial charge in [-0.25, -0.2) is 0 Å². The summed E-state index contributed by atoms with van der Waals surface area (Å²) in [7, 11) is 1.97. The molecule has 0 radical (unpaired) electrons. The van der Waals surface area contributed by atoms with Crippen molar-refractivity contribution in [3.05, 3.63) is 41.5 Å². The lowest BCUT2D eigenvalue weighted by molar-refractivity contribution is 0.0707. The molecule has 3 rings (SSSR count). The van der Waals surface area contributed by atoms with E-state index in [1.807, 2.05) is 18.9 Å². The summed E-state index contributed by atoms with van der Waals surface area (Å²) >= 11 is 0. The molecule has 0 saturated carbocycles. The minimum absolute atomic E-state index is 0.0758. The van der Waals surface area contributed by atoms with Crippen molar-refractivity contribution in [1.29, 1.82) is 0 Å². The average molecular weight is 344 g/mol. The second kappa shape index (κ2) is 8.11. The molecule has 0 aliphatic carbocycles. The molecule has 0 bridgehead atoms. The highest BCUT2D eigenvalue weighted by Gasteiger charge is 2.22. The number of carbonyl (C=O) groups is 1. The zero-order valence-corrected chi connectivity index (χ0v) is 14.7. The maximum atomic E-state index is 12.6. The Kier molecular flexibility index (Phi) is 5.65. The minimum atomic E-state index is 0.0758. The van der Waals surface area contributed by atoms with Crippen LogP contribution < -0.4 is 10.1 Å². The fraction of sp³-hybridized carbons (Fsp3) is 0.500. The van der Waals surface area contributed by atoms with E-state index in [0.29, 0.717) is 35.5 Å². The third-order valence-electron chi connectivity index (χ3n) is 4.47. The van der Waals surface area contributed by atoms with Crippen LogP contribution in [0.2, 0.25) is 0 Å². The molecule has 1 aromatic carbocycles. The number of amides is 1. The largest absolute Gasteiger partial charge is 0.485 e. The molecule has 1 aliphatic heterocycles. The van der Waals surface area contributed by atoms with Crippen molar-refractivity contribution in [3.8, 4) is 5.75 Å². The molecule has 134 valence electrons. The maximum absolute atomic E-state index is 12.6. The van der Waals surface area contributed by atoms with Gasteiger partial charge >= 0.3 is 0 Å². The van der Waals surface area contributed by atoms with Gasteiger partial charge in [0.05, 0.1) is 0 Å². The molecule has 1 aliphatic rings. The monoisotopic (exact) mass is 344 g/mol. The fourth-order valence-corrected chi connectivity index (χ4v) is 2.89. The third-order valence-corrected chi connectivity index (χ3v) is 4.47. The van der Waals surface area contributed by atoms with Crippen molar-refractivity contribution in [2.45, 2.75) is 38.8 Å². The van der Waals surface area contributed by atoms with E-state index in [2.05, 4.69) is 15.5 Å². The molecule has 7 nitrogen and oxygen atoms in total. The molecule has 25 heavy (non-hydrogen) atoms. The Morgan fingerprint density at radius 2 is 2.04 bits per heavy atom. The number of carbonyl (C=O) groups excluding carboxylic acids is 1. The molecular weight excluding hydrogens is 320 g/mol. The van der Waals surface area contributed by atoms with Crippen molar-refractivity contribution < 1.29 is 14.1 Å². The van der Waals surface area contributed by atoms with Crippen molar-refractivity contribution >= 4 is 5.91 Å². The number of nitrogens with one attached hydrogen (secondary N) is 1. The predicted molar refractivity (Wildman–Crippen MR) is 92.4 cm³/mol. The first kappa shape index (κ1) is 17.4. The van der Waals surface area contributed by atoms with Crippen molar-refractivity contribution in [2.75, 3.05) is 20.1 Å². The van der Waals surface area contributed by atoms with Crippen LogP contribution in [0.5, 0.6) is 5.75 Å². The van der Waals surface area contributed by atoms with Gasteiger partial charge < -0.3 is 19.5 Å². The molecule has 0 unspecified atom stereocenters. The summed E-state index contributed by atoms with van der Waals surface area (Å²) in [6.45, 7) is 3.78. The molecule has 1 N–H and O–H groups in total. The predicted octanol–water partition coefficient (Wildman–Crippen LogP) is 2.04. The van der Waals surface area contributed by atoms with E-state index in [4.69, 9.17) is 9.26 Å². The Labute approximate surface area is 147 Å². The topological polar surface area (TPSA) is 80.5 Å². The molecule has 1 fully saturated rings. The van der Waals surface area contributed by atoms with Gasteiger partial charge in [-0.2, -0.15) is 4.98 Å². The number of nitrogens with zero attached hydrogens (tertiary/aromatic N) is 3. The van der Waals surface area contributed by atoms with Crippen LogP contribution in [0.1, 0.15) is 41.8 Å². The van der Waals surface area contributed by atoms with E-state index in [0.717, 1.165) is 25.9 Å². The molecule has 0 spiro atoms. The Morgan fingerprint density at radius 1 is 1.32 bits per heavy atom. The minimum Gasteiger partial charge on any atom is -0.485 e. The molecule has 1 saturated heterocycles. The summed E-state index contributed by atoms with van der Waals surface area (Å²) in [6, 6.07) is 7.71. The maximum Gasteiger partial charge on any atom is 0.253 e. The molecule has 7 heteroatoms. The molecule has 1 aromatic heterocycles. The number of aryl methyl sites for hydroxylation is 1. The lowest BCUT2D eigenvalue weighted by Gasteiger charge is -2.31. The van der Waals surface area contributed by atoms with Gasteiger partial charge in [0.2, 0.25) is 11.7 Å². The number of rotatable bonds is 6. The Balaban J connectivity index is 1.53. The summed E-state index contributed by atoms with van der Waals surface area (Å²) in [5.41, 5.74) is 0.683. The number of likely N-dealkylation sites (tertiary alicyclic amines) is 1. The second-order valence-electron chi connectivity index (χ2n) is 6.13. The first-order valence-electron chi connectivity index (χ1n) is 8.70. The van der Waals surface area contributed by atoms with Crippen molar-refractivity contribution in [2.24, 2.45) is 0 Å². The summed E-state index contributed by atoms with van der Waals surface area (Å²) in [6.07, 6.45) is 2.69. The quantitative estimate of drug-likeness (QED) is 0.864. The van der Waals surface area contributed by atoms with E-state index in [9.17, 15) is 4.79 Å². The first-order valence-corrected chi connectivity index (χ1v) is 8.70. The highest BCUT2D eigenvalue weighted by Crippen LogP contribution is 2.17. The van der Waals surface area contributed by atoms with Gasteiger partial charge in [-0.1, -0.05) is 12.1 Å². The van der Waals surface area contributed by atoms with Gasteiger partial charge in [0.1, 0.15) is 5.75 Å². The van der Waals surface area contributed by atoms with Crippen LogP contribution >= 0.6 is 0 Å². The van der Waals surface area contributed by atoms with Crippen LogP contribution in [0.25, 0.3) is 0 Å².